The molecule has 2 N–H and O–H groups in total. The highest BCUT2D eigenvalue weighted by Crippen LogP contribution is 2.15. The van der Waals surface area contributed by atoms with Crippen LogP contribution in [-0.4, -0.2) is 11.8 Å². The monoisotopic (exact) mass is 484 g/mol. The maximum Gasteiger partial charge on any atom is 0.268 e. The molecule has 0 saturated carbocycles. The van der Waals surface area contributed by atoms with Crippen molar-refractivity contribution in [3.8, 4) is 5.75 Å². The fourth-order valence-corrected chi connectivity index (χ4v) is 3.30. The zero-order valence-electron chi connectivity index (χ0n) is 19.7. The molecule has 1 aromatic heterocycles. The number of rotatable bonds is 9. The van der Waals surface area contributed by atoms with E-state index in [0.29, 0.717) is 23.7 Å². The highest BCUT2D eigenvalue weighted by Gasteiger charge is 2.15. The number of halogens is 1. The summed E-state index contributed by atoms with van der Waals surface area (Å²) in [6, 6.07) is 23.8. The van der Waals surface area contributed by atoms with Crippen LogP contribution in [0.15, 0.2) is 101 Å². The normalized spacial score (nSPS) is 11.1. The van der Waals surface area contributed by atoms with Gasteiger partial charge in [-0.05, 0) is 66.6 Å². The van der Waals surface area contributed by atoms with E-state index in [9.17, 15) is 14.0 Å². The number of ether oxygens (including phenoxy) is 1. The zero-order chi connectivity index (χ0) is 25.3. The first kappa shape index (κ1) is 24.5. The van der Waals surface area contributed by atoms with Gasteiger partial charge in [-0.2, -0.15) is 0 Å². The molecule has 0 aliphatic heterocycles. The molecule has 182 valence electrons. The van der Waals surface area contributed by atoms with Gasteiger partial charge < -0.3 is 19.8 Å². The largest absolute Gasteiger partial charge is 0.489 e. The van der Waals surface area contributed by atoms with Gasteiger partial charge in [0.1, 0.15) is 29.6 Å². The summed E-state index contributed by atoms with van der Waals surface area (Å²) in [5.74, 6) is -0.0543. The third-order valence-corrected chi connectivity index (χ3v) is 5.33. The fourth-order valence-electron chi connectivity index (χ4n) is 3.30. The quantitative estimate of drug-likeness (QED) is 0.312. The highest BCUT2D eigenvalue weighted by atomic mass is 19.1. The minimum absolute atomic E-state index is 0.0646. The number of aryl methyl sites for hydroxylation is 1. The second kappa shape index (κ2) is 11.7. The highest BCUT2D eigenvalue weighted by molar-refractivity contribution is 6.05. The zero-order valence-corrected chi connectivity index (χ0v) is 19.7. The molecule has 1 heterocycles. The Labute approximate surface area is 208 Å². The number of carbonyl (C=O) groups is 2. The van der Waals surface area contributed by atoms with Gasteiger partial charge in [-0.1, -0.05) is 42.0 Å². The Morgan fingerprint density at radius 3 is 2.28 bits per heavy atom. The van der Waals surface area contributed by atoms with E-state index in [2.05, 4.69) is 10.6 Å². The van der Waals surface area contributed by atoms with Gasteiger partial charge in [0, 0.05) is 18.2 Å². The van der Waals surface area contributed by atoms with E-state index in [1.54, 1.807) is 48.5 Å². The third-order valence-electron chi connectivity index (χ3n) is 5.33. The molecule has 0 radical (unpaired) electrons. The molecule has 3 aromatic carbocycles. The summed E-state index contributed by atoms with van der Waals surface area (Å²) >= 11 is 0. The van der Waals surface area contributed by atoms with Gasteiger partial charge in [0.05, 0.1) is 6.26 Å². The van der Waals surface area contributed by atoms with E-state index in [4.69, 9.17) is 9.15 Å². The Morgan fingerprint density at radius 1 is 0.917 bits per heavy atom. The molecule has 0 aliphatic rings. The van der Waals surface area contributed by atoms with Crippen molar-refractivity contribution in [1.82, 2.24) is 10.6 Å². The predicted octanol–water partition coefficient (Wildman–Crippen LogP) is 5.39. The minimum Gasteiger partial charge on any atom is -0.489 e. The summed E-state index contributed by atoms with van der Waals surface area (Å²) in [6.07, 6.45) is 2.97. The van der Waals surface area contributed by atoms with Crippen LogP contribution in [0.2, 0.25) is 0 Å². The molecule has 0 spiro atoms. The van der Waals surface area contributed by atoms with Gasteiger partial charge >= 0.3 is 0 Å². The lowest BCUT2D eigenvalue weighted by Gasteiger charge is -2.12. The molecule has 0 saturated heterocycles. The summed E-state index contributed by atoms with van der Waals surface area (Å²) in [5, 5.41) is 5.50. The Kier molecular flexibility index (Phi) is 7.93. The molecule has 2 amide bonds. The maximum atomic E-state index is 13.0. The number of carbonyl (C=O) groups excluding carboxylic acids is 2. The molecular formula is C29H25FN2O4. The first-order valence-electron chi connectivity index (χ1n) is 11.3. The molecule has 0 atom stereocenters. The number of furan rings is 1. The Morgan fingerprint density at radius 2 is 1.61 bits per heavy atom. The van der Waals surface area contributed by atoms with Crippen LogP contribution < -0.4 is 15.4 Å². The van der Waals surface area contributed by atoms with Gasteiger partial charge in [0.2, 0.25) is 0 Å². The summed E-state index contributed by atoms with van der Waals surface area (Å²) in [5.41, 5.74) is 3.24. The molecule has 0 fully saturated rings. The van der Waals surface area contributed by atoms with Crippen LogP contribution in [-0.2, 0) is 17.9 Å². The van der Waals surface area contributed by atoms with Crippen LogP contribution >= 0.6 is 0 Å². The van der Waals surface area contributed by atoms with Crippen molar-refractivity contribution in [3.05, 3.63) is 131 Å². The number of nitrogens with one attached hydrogen (secondary N) is 2. The summed E-state index contributed by atoms with van der Waals surface area (Å²) in [4.78, 5) is 25.6. The van der Waals surface area contributed by atoms with Crippen LogP contribution in [0.5, 0.6) is 5.75 Å². The number of amides is 2. The molecule has 0 aliphatic carbocycles. The number of benzene rings is 3. The molecular weight excluding hydrogens is 459 g/mol. The molecule has 36 heavy (non-hydrogen) atoms. The fraction of sp³-hybridized carbons (Fsp3) is 0.103. The molecule has 0 bridgehead atoms. The summed E-state index contributed by atoms with van der Waals surface area (Å²) < 4.78 is 24.1. The van der Waals surface area contributed by atoms with E-state index < -0.39 is 11.8 Å². The summed E-state index contributed by atoms with van der Waals surface area (Å²) in [6.45, 7) is 2.49. The Hall–Kier alpha value is -4.65. The van der Waals surface area contributed by atoms with E-state index in [1.807, 2.05) is 31.2 Å². The molecule has 4 rings (SSSR count). The van der Waals surface area contributed by atoms with Gasteiger partial charge in [-0.3, -0.25) is 9.59 Å². The molecule has 4 aromatic rings. The molecule has 6 nitrogen and oxygen atoms in total. The van der Waals surface area contributed by atoms with Crippen LogP contribution in [0.3, 0.4) is 0 Å². The van der Waals surface area contributed by atoms with Crippen LogP contribution in [0, 0.1) is 12.7 Å². The number of hydrogen-bond acceptors (Lipinski definition) is 4. The molecule has 0 unspecified atom stereocenters. The number of hydrogen-bond donors (Lipinski definition) is 2. The SMILES string of the molecule is Cc1ccc(C(=O)N/C(=C\c2ccco2)C(=O)NCc2ccc(OCc3ccc(F)cc3)cc2)cc1. The standard InChI is InChI=1S/C29H25FN2O4/c1-20-4-10-23(11-5-20)28(33)32-27(17-26-3-2-16-35-26)29(34)31-18-21-8-14-25(15-9-21)36-19-22-6-12-24(30)13-7-22/h2-17H,18-19H2,1H3,(H,31,34)(H,32,33)/b27-17-. The van der Waals surface area contributed by atoms with Gasteiger partial charge in [-0.25, -0.2) is 4.39 Å². The van der Waals surface area contributed by atoms with Crippen molar-refractivity contribution in [2.45, 2.75) is 20.1 Å². The van der Waals surface area contributed by atoms with Crippen molar-refractivity contribution < 1.29 is 23.1 Å². The van der Waals surface area contributed by atoms with Crippen LogP contribution in [0.4, 0.5) is 4.39 Å². The van der Waals surface area contributed by atoms with Crippen molar-refractivity contribution in [1.29, 1.82) is 0 Å². The van der Waals surface area contributed by atoms with Crippen molar-refractivity contribution in [2.75, 3.05) is 0 Å². The first-order valence-corrected chi connectivity index (χ1v) is 11.3. The second-order valence-corrected chi connectivity index (χ2v) is 8.14. The average molecular weight is 485 g/mol. The lowest BCUT2D eigenvalue weighted by Crippen LogP contribution is -2.34. The molecule has 7 heteroatoms. The van der Waals surface area contributed by atoms with Crippen LogP contribution in [0.1, 0.15) is 32.8 Å². The van der Waals surface area contributed by atoms with Crippen molar-refractivity contribution in [3.63, 3.8) is 0 Å². The van der Waals surface area contributed by atoms with E-state index in [1.165, 1.54) is 24.5 Å². The first-order chi connectivity index (χ1) is 17.5. The van der Waals surface area contributed by atoms with Gasteiger partial charge in [-0.15, -0.1) is 0 Å². The van der Waals surface area contributed by atoms with Crippen molar-refractivity contribution in [2.24, 2.45) is 0 Å². The average Bonchev–Trinajstić information content (AvgIpc) is 3.41. The predicted molar refractivity (Wildman–Crippen MR) is 134 cm³/mol. The van der Waals surface area contributed by atoms with E-state index in [-0.39, 0.29) is 18.1 Å². The minimum atomic E-state index is -0.455. The third kappa shape index (κ3) is 6.93. The second-order valence-electron chi connectivity index (χ2n) is 8.14. The lowest BCUT2D eigenvalue weighted by molar-refractivity contribution is -0.117. The van der Waals surface area contributed by atoms with E-state index >= 15 is 0 Å². The maximum absolute atomic E-state index is 13.0. The van der Waals surface area contributed by atoms with Gasteiger partial charge in [0.15, 0.2) is 0 Å². The van der Waals surface area contributed by atoms with Crippen LogP contribution in [0.25, 0.3) is 6.08 Å². The van der Waals surface area contributed by atoms with Gasteiger partial charge in [0.25, 0.3) is 11.8 Å². The lowest BCUT2D eigenvalue weighted by atomic mass is 10.1. The smallest absolute Gasteiger partial charge is 0.268 e. The summed E-state index contributed by atoms with van der Waals surface area (Å²) in [7, 11) is 0. The Bertz CT molecular complexity index is 1330. The van der Waals surface area contributed by atoms with Crippen molar-refractivity contribution >= 4 is 17.9 Å². The van der Waals surface area contributed by atoms with E-state index in [0.717, 1.165) is 16.7 Å². The Balaban J connectivity index is 1.36. The topological polar surface area (TPSA) is 80.6 Å².